The Balaban J connectivity index is 2.00. The molecule has 3 N–H and O–H groups in total. The molecule has 1 aliphatic heterocycles. The number of aliphatic hydroxyl groups is 1. The van der Waals surface area contributed by atoms with E-state index in [0.717, 1.165) is 23.5 Å². The summed E-state index contributed by atoms with van der Waals surface area (Å²) in [5.74, 6) is 3.14. The van der Waals surface area contributed by atoms with Gasteiger partial charge in [0.15, 0.2) is 0 Å². The zero-order chi connectivity index (χ0) is 12.1. The Kier molecular flexibility index (Phi) is 4.71. The molecule has 1 heterocycles. The summed E-state index contributed by atoms with van der Waals surface area (Å²) in [5, 5.41) is 9.67. The van der Waals surface area contributed by atoms with Crippen molar-refractivity contribution in [3.8, 4) is 5.75 Å². The summed E-state index contributed by atoms with van der Waals surface area (Å²) in [6.07, 6.45) is 2.05. The normalized spacial score (nSPS) is 22.1. The lowest BCUT2D eigenvalue weighted by atomic mass is 10.1. The maximum atomic E-state index is 9.67. The fourth-order valence-corrected chi connectivity index (χ4v) is 2.96. The van der Waals surface area contributed by atoms with Crippen LogP contribution in [0.25, 0.3) is 0 Å². The highest BCUT2D eigenvalue weighted by atomic mass is 32.2. The number of nitrogens with two attached hydrogens (primary N) is 1. The lowest BCUT2D eigenvalue weighted by Gasteiger charge is -2.23. The predicted molar refractivity (Wildman–Crippen MR) is 71.4 cm³/mol. The maximum Gasteiger partial charge on any atom is 0.120 e. The molecule has 1 aromatic rings. The average molecular weight is 253 g/mol. The second kappa shape index (κ2) is 6.28. The second-order valence-electron chi connectivity index (χ2n) is 4.28. The zero-order valence-corrected chi connectivity index (χ0v) is 10.7. The largest absolute Gasteiger partial charge is 0.490 e. The van der Waals surface area contributed by atoms with E-state index in [1.807, 2.05) is 36.0 Å². The molecule has 1 fully saturated rings. The van der Waals surface area contributed by atoms with Gasteiger partial charge in [0.1, 0.15) is 11.9 Å². The third-order valence-electron chi connectivity index (χ3n) is 2.89. The van der Waals surface area contributed by atoms with Gasteiger partial charge >= 0.3 is 0 Å². The number of thioether (sulfide) groups is 1. The summed E-state index contributed by atoms with van der Waals surface area (Å²) >= 11 is 1.94. The van der Waals surface area contributed by atoms with Gasteiger partial charge in [-0.3, -0.25) is 0 Å². The Labute approximate surface area is 106 Å². The Hall–Kier alpha value is -0.710. The number of rotatable bonds is 4. The molecule has 1 saturated heterocycles. The molecule has 0 aliphatic carbocycles. The fourth-order valence-electron chi connectivity index (χ4n) is 1.93. The topological polar surface area (TPSA) is 55.5 Å². The van der Waals surface area contributed by atoms with Crippen molar-refractivity contribution in [3.05, 3.63) is 29.8 Å². The quantitative estimate of drug-likeness (QED) is 0.861. The number of hydrogen-bond acceptors (Lipinski definition) is 4. The van der Waals surface area contributed by atoms with E-state index in [4.69, 9.17) is 10.5 Å². The number of ether oxygens (including phenoxy) is 1. The van der Waals surface area contributed by atoms with Crippen LogP contribution >= 0.6 is 11.8 Å². The first-order chi connectivity index (χ1) is 8.29. The SMILES string of the molecule is NCC(O)c1cccc(OC2CCCSC2)c1. The van der Waals surface area contributed by atoms with Crippen molar-refractivity contribution in [1.29, 1.82) is 0 Å². The maximum absolute atomic E-state index is 9.67. The number of benzene rings is 1. The highest BCUT2D eigenvalue weighted by molar-refractivity contribution is 7.99. The minimum absolute atomic E-state index is 0.239. The molecule has 2 rings (SSSR count). The second-order valence-corrected chi connectivity index (χ2v) is 5.43. The Morgan fingerprint density at radius 3 is 3.12 bits per heavy atom. The standard InChI is InChI=1S/C13H19NO2S/c14-8-13(15)10-3-1-4-11(7-10)16-12-5-2-6-17-9-12/h1,3-4,7,12-13,15H,2,5-6,8-9,14H2. The van der Waals surface area contributed by atoms with Crippen LogP contribution in [0, 0.1) is 0 Å². The summed E-state index contributed by atoms with van der Waals surface area (Å²) in [4.78, 5) is 0. The van der Waals surface area contributed by atoms with Gasteiger partial charge in [-0.1, -0.05) is 12.1 Å². The van der Waals surface area contributed by atoms with E-state index in [9.17, 15) is 5.11 Å². The summed E-state index contributed by atoms with van der Waals surface area (Å²) in [6, 6.07) is 7.60. The van der Waals surface area contributed by atoms with Gasteiger partial charge in [-0.2, -0.15) is 11.8 Å². The van der Waals surface area contributed by atoms with Gasteiger partial charge in [0.25, 0.3) is 0 Å². The fraction of sp³-hybridized carbons (Fsp3) is 0.538. The zero-order valence-electron chi connectivity index (χ0n) is 9.84. The van der Waals surface area contributed by atoms with E-state index < -0.39 is 6.10 Å². The van der Waals surface area contributed by atoms with Crippen LogP contribution in [0.5, 0.6) is 5.75 Å². The van der Waals surface area contributed by atoms with E-state index in [0.29, 0.717) is 6.10 Å². The summed E-state index contributed by atoms with van der Waals surface area (Å²) in [7, 11) is 0. The molecule has 2 unspecified atom stereocenters. The van der Waals surface area contributed by atoms with Crippen molar-refractivity contribution in [1.82, 2.24) is 0 Å². The number of aliphatic hydroxyl groups excluding tert-OH is 1. The van der Waals surface area contributed by atoms with Crippen LogP contribution in [0.4, 0.5) is 0 Å². The van der Waals surface area contributed by atoms with Gasteiger partial charge in [0, 0.05) is 12.3 Å². The molecule has 2 atom stereocenters. The van der Waals surface area contributed by atoms with Gasteiger partial charge in [0.2, 0.25) is 0 Å². The lowest BCUT2D eigenvalue weighted by Crippen LogP contribution is -2.23. The van der Waals surface area contributed by atoms with Crippen molar-refractivity contribution in [2.75, 3.05) is 18.1 Å². The highest BCUT2D eigenvalue weighted by Crippen LogP contribution is 2.24. The van der Waals surface area contributed by atoms with Gasteiger partial charge in [0.05, 0.1) is 6.10 Å². The molecule has 0 radical (unpaired) electrons. The lowest BCUT2D eigenvalue weighted by molar-refractivity contribution is 0.183. The predicted octanol–water partition coefficient (Wildman–Crippen LogP) is 1.95. The van der Waals surface area contributed by atoms with E-state index >= 15 is 0 Å². The summed E-state index contributed by atoms with van der Waals surface area (Å²) < 4.78 is 5.92. The molecule has 1 aromatic carbocycles. The Morgan fingerprint density at radius 1 is 1.53 bits per heavy atom. The van der Waals surface area contributed by atoms with Crippen LogP contribution in [-0.4, -0.2) is 29.3 Å². The average Bonchev–Trinajstić information content (AvgIpc) is 2.39. The van der Waals surface area contributed by atoms with Gasteiger partial charge in [-0.05, 0) is 36.3 Å². The Bertz CT molecular complexity index is 353. The van der Waals surface area contributed by atoms with Crippen molar-refractivity contribution in [2.24, 2.45) is 5.73 Å². The molecule has 3 nitrogen and oxygen atoms in total. The summed E-state index contributed by atoms with van der Waals surface area (Å²) in [5.41, 5.74) is 6.27. The Morgan fingerprint density at radius 2 is 2.41 bits per heavy atom. The van der Waals surface area contributed by atoms with Crippen LogP contribution in [0.15, 0.2) is 24.3 Å². The molecule has 0 spiro atoms. The van der Waals surface area contributed by atoms with Crippen molar-refractivity contribution >= 4 is 11.8 Å². The highest BCUT2D eigenvalue weighted by Gasteiger charge is 2.15. The molecule has 4 heteroatoms. The molecular weight excluding hydrogens is 234 g/mol. The van der Waals surface area contributed by atoms with Gasteiger partial charge in [-0.25, -0.2) is 0 Å². The first-order valence-electron chi connectivity index (χ1n) is 6.02. The molecule has 0 aromatic heterocycles. The van der Waals surface area contributed by atoms with Gasteiger partial charge < -0.3 is 15.6 Å². The van der Waals surface area contributed by atoms with E-state index in [-0.39, 0.29) is 6.54 Å². The van der Waals surface area contributed by atoms with E-state index in [2.05, 4.69) is 0 Å². The molecule has 94 valence electrons. The van der Waals surface area contributed by atoms with Crippen LogP contribution in [0.2, 0.25) is 0 Å². The van der Waals surface area contributed by atoms with Crippen LogP contribution < -0.4 is 10.5 Å². The monoisotopic (exact) mass is 253 g/mol. The molecule has 0 bridgehead atoms. The first kappa shape index (κ1) is 12.7. The van der Waals surface area contributed by atoms with E-state index in [1.54, 1.807) is 0 Å². The molecule has 0 saturated carbocycles. The molecule has 17 heavy (non-hydrogen) atoms. The first-order valence-corrected chi connectivity index (χ1v) is 7.17. The van der Waals surface area contributed by atoms with Crippen LogP contribution in [0.1, 0.15) is 24.5 Å². The third-order valence-corrected chi connectivity index (χ3v) is 4.07. The van der Waals surface area contributed by atoms with E-state index in [1.165, 1.54) is 12.2 Å². The third kappa shape index (κ3) is 3.63. The van der Waals surface area contributed by atoms with Crippen LogP contribution in [-0.2, 0) is 0 Å². The van der Waals surface area contributed by atoms with Crippen LogP contribution in [0.3, 0.4) is 0 Å². The molecule has 1 aliphatic rings. The van der Waals surface area contributed by atoms with Crippen molar-refractivity contribution in [3.63, 3.8) is 0 Å². The molecule has 0 amide bonds. The molecular formula is C13H19NO2S. The van der Waals surface area contributed by atoms with Gasteiger partial charge in [-0.15, -0.1) is 0 Å². The van der Waals surface area contributed by atoms with Crippen molar-refractivity contribution < 1.29 is 9.84 Å². The minimum atomic E-state index is -0.598. The smallest absolute Gasteiger partial charge is 0.120 e. The van der Waals surface area contributed by atoms with Crippen molar-refractivity contribution in [2.45, 2.75) is 25.0 Å². The minimum Gasteiger partial charge on any atom is -0.490 e. The summed E-state index contributed by atoms with van der Waals surface area (Å²) in [6.45, 7) is 0.239. The number of hydrogen-bond donors (Lipinski definition) is 2.